The van der Waals surface area contributed by atoms with Gasteiger partial charge in [-0.15, -0.1) is 0 Å². The Hall–Kier alpha value is -3.29. The van der Waals surface area contributed by atoms with Gasteiger partial charge in [0.15, 0.2) is 11.5 Å². The van der Waals surface area contributed by atoms with Crippen LogP contribution in [-0.2, 0) is 0 Å². The molecular weight excluding hydrogens is 464 g/mol. The number of aromatic nitrogens is 1. The van der Waals surface area contributed by atoms with E-state index in [1.165, 1.54) is 17.7 Å². The number of aromatic amines is 1. The van der Waals surface area contributed by atoms with Crippen LogP contribution in [0.5, 0.6) is 11.5 Å². The fraction of sp³-hybridized carbons (Fsp3) is 0.333. The quantitative estimate of drug-likeness (QED) is 0.289. The number of carbonyl (C=O) groups is 1. The van der Waals surface area contributed by atoms with E-state index in [1.807, 2.05) is 12.1 Å². The van der Waals surface area contributed by atoms with Gasteiger partial charge in [-0.05, 0) is 81.2 Å². The Morgan fingerprint density at radius 2 is 1.83 bits per heavy atom. The molecule has 1 amide bonds. The minimum atomic E-state index is -0.355. The maximum Gasteiger partial charge on any atom is 0.279 e. The first-order chi connectivity index (χ1) is 16.8. The second-order valence-electron chi connectivity index (χ2n) is 9.24. The van der Waals surface area contributed by atoms with Gasteiger partial charge in [0.1, 0.15) is 12.3 Å². The Kier molecular flexibility index (Phi) is 7.48. The molecule has 3 aromatic rings. The predicted octanol–water partition coefficient (Wildman–Crippen LogP) is 5.85. The topological polar surface area (TPSA) is 81.7 Å². The molecule has 0 spiro atoms. The summed E-state index contributed by atoms with van der Waals surface area (Å²) >= 11 is 5.98. The molecule has 1 aromatic heterocycles. The average Bonchev–Trinajstić information content (AvgIpc) is 3.57. The first kappa shape index (κ1) is 24.8. The number of hydrogen-bond donors (Lipinski definition) is 2. The number of H-pyrrole nitrogens is 1. The number of likely N-dealkylation sites (tertiary alicyclic amines) is 1. The third kappa shape index (κ3) is 5.52. The molecule has 0 unspecified atom stereocenters. The largest absolute Gasteiger partial charge is 0.493 e. The predicted molar refractivity (Wildman–Crippen MR) is 140 cm³/mol. The van der Waals surface area contributed by atoms with Crippen LogP contribution in [0.15, 0.2) is 54.7 Å². The van der Waals surface area contributed by atoms with Crippen molar-refractivity contribution in [3.63, 3.8) is 0 Å². The van der Waals surface area contributed by atoms with Gasteiger partial charge in [-0.25, -0.2) is 0 Å². The first-order valence-electron chi connectivity index (χ1n) is 11.7. The van der Waals surface area contributed by atoms with E-state index in [9.17, 15) is 4.79 Å². The van der Waals surface area contributed by atoms with Gasteiger partial charge >= 0.3 is 0 Å². The highest BCUT2D eigenvalue weighted by atomic mass is 35.5. The SMILES string of the molecule is COc1cc(N(C=N)C(=O)c2cc(-c3ccc(Cl)cc3)c[nH]2)ccc1OCC(C)(C)N1CCCC1. The standard InChI is InChI=1S/C27H31ClN4O3/c1-27(2,31-12-4-5-13-31)17-35-24-11-10-22(15-25(24)34-3)32(18-29)26(33)23-14-20(16-30-23)19-6-8-21(28)9-7-19/h6-11,14-16,18,29-30H,4-5,12-13,17H2,1-3H3. The van der Waals surface area contributed by atoms with Crippen LogP contribution in [0.4, 0.5) is 5.69 Å². The number of methoxy groups -OCH3 is 1. The van der Waals surface area contributed by atoms with E-state index in [1.54, 1.807) is 49.7 Å². The van der Waals surface area contributed by atoms with Crippen LogP contribution in [0.2, 0.25) is 5.02 Å². The van der Waals surface area contributed by atoms with E-state index < -0.39 is 0 Å². The molecule has 0 aliphatic carbocycles. The summed E-state index contributed by atoms with van der Waals surface area (Å²) in [5.41, 5.74) is 2.58. The van der Waals surface area contributed by atoms with Gasteiger partial charge in [-0.3, -0.25) is 20.0 Å². The number of hydrogen-bond acceptors (Lipinski definition) is 5. The molecule has 1 aliphatic rings. The molecule has 2 N–H and O–H groups in total. The van der Waals surface area contributed by atoms with Crippen LogP contribution in [-0.4, -0.2) is 54.5 Å². The van der Waals surface area contributed by atoms with Gasteiger partial charge in [0, 0.05) is 22.8 Å². The Balaban J connectivity index is 1.50. The van der Waals surface area contributed by atoms with Crippen molar-refractivity contribution in [3.05, 3.63) is 65.4 Å². The smallest absolute Gasteiger partial charge is 0.279 e. The summed E-state index contributed by atoms with van der Waals surface area (Å²) in [5.74, 6) is 0.754. The number of benzene rings is 2. The number of amides is 1. The lowest BCUT2D eigenvalue weighted by Crippen LogP contribution is -2.46. The lowest BCUT2D eigenvalue weighted by atomic mass is 10.1. The van der Waals surface area contributed by atoms with Crippen molar-refractivity contribution in [2.75, 3.05) is 31.7 Å². The number of nitrogens with one attached hydrogen (secondary N) is 2. The van der Waals surface area contributed by atoms with Crippen LogP contribution in [0.1, 0.15) is 37.2 Å². The molecule has 7 nitrogen and oxygen atoms in total. The van der Waals surface area contributed by atoms with E-state index in [-0.39, 0.29) is 11.4 Å². The lowest BCUT2D eigenvalue weighted by molar-refractivity contribution is 0.0879. The highest BCUT2D eigenvalue weighted by Crippen LogP contribution is 2.33. The van der Waals surface area contributed by atoms with Crippen LogP contribution in [0, 0.1) is 5.41 Å². The Bertz CT molecular complexity index is 1180. The van der Waals surface area contributed by atoms with E-state index in [2.05, 4.69) is 23.7 Å². The molecule has 1 aliphatic heterocycles. The third-order valence-corrected chi connectivity index (χ3v) is 6.66. The second kappa shape index (κ2) is 10.5. The molecule has 35 heavy (non-hydrogen) atoms. The summed E-state index contributed by atoms with van der Waals surface area (Å²) in [6.07, 6.45) is 5.20. The third-order valence-electron chi connectivity index (χ3n) is 6.41. The van der Waals surface area contributed by atoms with Gasteiger partial charge in [0.25, 0.3) is 5.91 Å². The average molecular weight is 495 g/mol. The number of halogens is 1. The van der Waals surface area contributed by atoms with E-state index >= 15 is 0 Å². The summed E-state index contributed by atoms with van der Waals surface area (Å²) in [5, 5.41) is 8.53. The summed E-state index contributed by atoms with van der Waals surface area (Å²) in [4.78, 5) is 19.9. The lowest BCUT2D eigenvalue weighted by Gasteiger charge is -2.35. The van der Waals surface area contributed by atoms with Crippen molar-refractivity contribution >= 4 is 29.5 Å². The fourth-order valence-corrected chi connectivity index (χ4v) is 4.43. The minimum absolute atomic E-state index is 0.0907. The molecule has 0 bridgehead atoms. The maximum atomic E-state index is 13.2. The molecule has 184 valence electrons. The number of ether oxygens (including phenoxy) is 2. The van der Waals surface area contributed by atoms with Crippen LogP contribution < -0.4 is 14.4 Å². The van der Waals surface area contributed by atoms with Gasteiger partial charge in [-0.2, -0.15) is 0 Å². The molecule has 2 aromatic carbocycles. The molecule has 0 atom stereocenters. The highest BCUT2D eigenvalue weighted by Gasteiger charge is 2.30. The molecule has 8 heteroatoms. The highest BCUT2D eigenvalue weighted by molar-refractivity contribution is 6.30. The molecule has 0 radical (unpaired) electrons. The molecule has 4 rings (SSSR count). The van der Waals surface area contributed by atoms with Crippen molar-refractivity contribution in [2.45, 2.75) is 32.2 Å². The van der Waals surface area contributed by atoms with Gasteiger partial charge in [0.2, 0.25) is 0 Å². The van der Waals surface area contributed by atoms with E-state index in [0.29, 0.717) is 34.5 Å². The summed E-state index contributed by atoms with van der Waals surface area (Å²) in [7, 11) is 1.57. The van der Waals surface area contributed by atoms with Crippen LogP contribution in [0.25, 0.3) is 11.1 Å². The Morgan fingerprint density at radius 1 is 1.11 bits per heavy atom. The number of rotatable bonds is 9. The Morgan fingerprint density at radius 3 is 2.49 bits per heavy atom. The zero-order chi connectivity index (χ0) is 25.0. The second-order valence-corrected chi connectivity index (χ2v) is 9.68. The van der Waals surface area contributed by atoms with E-state index in [0.717, 1.165) is 30.6 Å². The van der Waals surface area contributed by atoms with Gasteiger partial charge in [-0.1, -0.05) is 23.7 Å². The normalized spacial score (nSPS) is 14.1. The van der Waals surface area contributed by atoms with Crippen molar-refractivity contribution < 1.29 is 14.3 Å². The van der Waals surface area contributed by atoms with Crippen molar-refractivity contribution in [1.82, 2.24) is 9.88 Å². The Labute approximate surface area is 211 Å². The molecule has 1 fully saturated rings. The summed E-state index contributed by atoms with van der Waals surface area (Å²) in [6, 6.07) is 14.4. The first-order valence-corrected chi connectivity index (χ1v) is 12.0. The molecule has 1 saturated heterocycles. The van der Waals surface area contributed by atoms with Gasteiger partial charge in [0.05, 0.1) is 19.1 Å². The molecular formula is C27H31ClN4O3. The zero-order valence-corrected chi connectivity index (χ0v) is 21.1. The number of nitrogens with zero attached hydrogens (tertiary/aromatic N) is 2. The summed E-state index contributed by atoms with van der Waals surface area (Å²) < 4.78 is 11.7. The summed E-state index contributed by atoms with van der Waals surface area (Å²) in [6.45, 7) is 7.06. The zero-order valence-electron chi connectivity index (χ0n) is 20.3. The maximum absolute atomic E-state index is 13.2. The van der Waals surface area contributed by atoms with Crippen molar-refractivity contribution in [1.29, 1.82) is 5.41 Å². The number of anilines is 1. The monoisotopic (exact) mass is 494 g/mol. The van der Waals surface area contributed by atoms with Crippen molar-refractivity contribution in [2.24, 2.45) is 0 Å². The van der Waals surface area contributed by atoms with E-state index in [4.69, 9.17) is 26.5 Å². The number of carbonyl (C=O) groups excluding carboxylic acids is 1. The minimum Gasteiger partial charge on any atom is -0.493 e. The van der Waals surface area contributed by atoms with Gasteiger partial charge < -0.3 is 14.5 Å². The van der Waals surface area contributed by atoms with Crippen LogP contribution in [0.3, 0.4) is 0 Å². The van der Waals surface area contributed by atoms with Crippen LogP contribution >= 0.6 is 11.6 Å². The molecule has 0 saturated carbocycles. The van der Waals surface area contributed by atoms with Crippen molar-refractivity contribution in [3.8, 4) is 22.6 Å². The molecule has 2 heterocycles. The fourth-order valence-electron chi connectivity index (χ4n) is 4.30.